The lowest BCUT2D eigenvalue weighted by molar-refractivity contribution is 0.0925. The number of carbonyl (C=O) groups excluding carboxylic acids is 1. The summed E-state index contributed by atoms with van der Waals surface area (Å²) in [6.45, 7) is 4.19. The molecule has 0 aliphatic heterocycles. The van der Waals surface area contributed by atoms with Gasteiger partial charge in [0, 0.05) is 17.3 Å². The van der Waals surface area contributed by atoms with E-state index in [0.717, 1.165) is 4.88 Å². The Bertz CT molecular complexity index is 552. The Morgan fingerprint density at radius 2 is 2.05 bits per heavy atom. The minimum Gasteiger partial charge on any atom is -0.344 e. The highest BCUT2D eigenvalue weighted by Crippen LogP contribution is 2.26. The van der Waals surface area contributed by atoms with Gasteiger partial charge in [-0.2, -0.15) is 0 Å². The summed E-state index contributed by atoms with van der Waals surface area (Å²) in [5.41, 5.74) is 0.491. The van der Waals surface area contributed by atoms with E-state index in [0.29, 0.717) is 16.6 Å². The minimum atomic E-state index is -0.134. The summed E-state index contributed by atoms with van der Waals surface area (Å²) in [5, 5.41) is 5.75. The van der Waals surface area contributed by atoms with Crippen molar-refractivity contribution < 1.29 is 4.79 Å². The van der Waals surface area contributed by atoms with Crippen LogP contribution < -0.4 is 5.32 Å². The van der Waals surface area contributed by atoms with E-state index in [-0.39, 0.29) is 11.9 Å². The van der Waals surface area contributed by atoms with Crippen LogP contribution >= 0.6 is 23.1 Å². The number of aromatic nitrogens is 2. The van der Waals surface area contributed by atoms with Crippen LogP contribution in [0.3, 0.4) is 0 Å². The lowest BCUT2D eigenvalue weighted by Crippen LogP contribution is -2.31. The molecule has 0 aliphatic rings. The number of hydrogen-bond donors (Lipinski definition) is 1. The highest BCUT2D eigenvalue weighted by molar-refractivity contribution is 7.98. The molecular formula is C14H17N3OS2. The van der Waals surface area contributed by atoms with E-state index >= 15 is 0 Å². The van der Waals surface area contributed by atoms with Crippen LogP contribution in [0.15, 0.2) is 35.1 Å². The van der Waals surface area contributed by atoms with Gasteiger partial charge in [0.05, 0.1) is 11.6 Å². The second-order valence-corrected chi connectivity index (χ2v) is 6.42. The number of thioether (sulfide) groups is 1. The molecule has 0 bridgehead atoms. The van der Waals surface area contributed by atoms with Gasteiger partial charge in [0.1, 0.15) is 0 Å². The predicted octanol–water partition coefficient (Wildman–Crippen LogP) is 3.39. The van der Waals surface area contributed by atoms with Crippen LogP contribution in [-0.4, -0.2) is 22.1 Å². The zero-order valence-corrected chi connectivity index (χ0v) is 13.3. The Hall–Kier alpha value is -1.40. The van der Waals surface area contributed by atoms with Gasteiger partial charge in [-0.25, -0.2) is 9.97 Å². The summed E-state index contributed by atoms with van der Waals surface area (Å²) in [4.78, 5) is 21.7. The summed E-state index contributed by atoms with van der Waals surface area (Å²) in [7, 11) is 0. The molecule has 0 saturated carbocycles. The fraction of sp³-hybridized carbons (Fsp3) is 0.357. The van der Waals surface area contributed by atoms with Gasteiger partial charge >= 0.3 is 0 Å². The van der Waals surface area contributed by atoms with Gasteiger partial charge in [0.25, 0.3) is 5.91 Å². The van der Waals surface area contributed by atoms with Crippen LogP contribution in [0.2, 0.25) is 0 Å². The van der Waals surface area contributed by atoms with E-state index in [4.69, 9.17) is 0 Å². The van der Waals surface area contributed by atoms with Crippen LogP contribution in [0.1, 0.15) is 35.1 Å². The minimum absolute atomic E-state index is 0.0164. The maximum atomic E-state index is 12.3. The zero-order chi connectivity index (χ0) is 14.5. The Morgan fingerprint density at radius 1 is 1.35 bits per heavy atom. The van der Waals surface area contributed by atoms with Gasteiger partial charge < -0.3 is 5.32 Å². The van der Waals surface area contributed by atoms with Crippen molar-refractivity contribution in [2.45, 2.75) is 25.0 Å². The maximum Gasteiger partial charge on any atom is 0.254 e. The van der Waals surface area contributed by atoms with E-state index in [1.165, 1.54) is 11.8 Å². The summed E-state index contributed by atoms with van der Waals surface area (Å²) in [5.74, 6) is 0.189. The molecule has 2 rings (SSSR count). The summed E-state index contributed by atoms with van der Waals surface area (Å²) < 4.78 is 0. The van der Waals surface area contributed by atoms with Crippen molar-refractivity contribution in [3.05, 3.63) is 40.3 Å². The summed E-state index contributed by atoms with van der Waals surface area (Å²) in [6.07, 6.45) is 5.04. The van der Waals surface area contributed by atoms with Gasteiger partial charge in [0.2, 0.25) is 0 Å². The maximum absolute atomic E-state index is 12.3. The third-order valence-electron chi connectivity index (χ3n) is 2.88. The average molecular weight is 307 g/mol. The first kappa shape index (κ1) is 15.0. The van der Waals surface area contributed by atoms with Crippen molar-refractivity contribution in [1.82, 2.24) is 15.3 Å². The molecule has 1 unspecified atom stereocenters. The second-order valence-electron chi connectivity index (χ2n) is 4.67. The fourth-order valence-electron chi connectivity index (χ4n) is 1.80. The molecule has 0 fully saturated rings. The quantitative estimate of drug-likeness (QED) is 0.679. The van der Waals surface area contributed by atoms with Crippen LogP contribution in [0.4, 0.5) is 0 Å². The lowest BCUT2D eigenvalue weighted by atomic mass is 10.0. The van der Waals surface area contributed by atoms with E-state index in [1.54, 1.807) is 23.7 Å². The molecule has 2 aromatic rings. The highest BCUT2D eigenvalue weighted by atomic mass is 32.2. The first-order valence-corrected chi connectivity index (χ1v) is 8.42. The number of thiophene rings is 1. The fourth-order valence-corrected chi connectivity index (χ4v) is 3.06. The van der Waals surface area contributed by atoms with Crippen LogP contribution in [0.25, 0.3) is 0 Å². The number of nitrogens with one attached hydrogen (secondary N) is 1. The van der Waals surface area contributed by atoms with Gasteiger partial charge in [0.15, 0.2) is 5.16 Å². The summed E-state index contributed by atoms with van der Waals surface area (Å²) >= 11 is 3.11. The molecule has 0 aliphatic carbocycles. The average Bonchev–Trinajstić information content (AvgIpc) is 2.98. The van der Waals surface area contributed by atoms with Crippen LogP contribution in [0, 0.1) is 5.92 Å². The van der Waals surface area contributed by atoms with Crippen molar-refractivity contribution in [3.63, 3.8) is 0 Å². The molecular weight excluding hydrogens is 290 g/mol. The largest absolute Gasteiger partial charge is 0.344 e. The molecule has 6 heteroatoms. The zero-order valence-electron chi connectivity index (χ0n) is 11.7. The van der Waals surface area contributed by atoms with E-state index in [1.807, 2.05) is 23.8 Å². The monoisotopic (exact) mass is 307 g/mol. The number of carbonyl (C=O) groups is 1. The van der Waals surface area contributed by atoms with E-state index < -0.39 is 0 Å². The Balaban J connectivity index is 2.12. The standard InChI is InChI=1S/C14H17N3OS2/c1-9(2)12(11-5-4-6-20-11)17-13(18)10-7-15-14(19-3)16-8-10/h4-9,12H,1-3H3,(H,17,18). The first-order valence-electron chi connectivity index (χ1n) is 6.32. The number of nitrogens with zero attached hydrogens (tertiary/aromatic N) is 2. The molecule has 2 aromatic heterocycles. The number of rotatable bonds is 5. The van der Waals surface area contributed by atoms with Crippen LogP contribution in [0.5, 0.6) is 0 Å². The molecule has 0 spiro atoms. The molecule has 0 saturated heterocycles. The smallest absolute Gasteiger partial charge is 0.254 e. The van der Waals surface area contributed by atoms with Crippen molar-refractivity contribution in [2.24, 2.45) is 5.92 Å². The van der Waals surface area contributed by atoms with Gasteiger partial charge in [-0.1, -0.05) is 31.7 Å². The topological polar surface area (TPSA) is 54.9 Å². The molecule has 0 aromatic carbocycles. The Labute approximate surface area is 127 Å². The molecule has 2 heterocycles. The first-order chi connectivity index (χ1) is 9.61. The van der Waals surface area contributed by atoms with Gasteiger partial charge in [-0.3, -0.25) is 4.79 Å². The molecule has 106 valence electrons. The third-order valence-corrected chi connectivity index (χ3v) is 4.41. The molecule has 1 amide bonds. The predicted molar refractivity (Wildman–Crippen MR) is 83.2 cm³/mol. The van der Waals surface area contributed by atoms with Crippen molar-refractivity contribution in [1.29, 1.82) is 0 Å². The SMILES string of the molecule is CSc1ncc(C(=O)NC(c2cccs2)C(C)C)cn1. The van der Waals surface area contributed by atoms with Crippen molar-refractivity contribution in [2.75, 3.05) is 6.26 Å². The van der Waals surface area contributed by atoms with Gasteiger partial charge in [-0.05, 0) is 23.6 Å². The number of hydrogen-bond acceptors (Lipinski definition) is 5. The third kappa shape index (κ3) is 3.58. The molecule has 1 atom stereocenters. The van der Waals surface area contributed by atoms with Gasteiger partial charge in [-0.15, -0.1) is 11.3 Å². The van der Waals surface area contributed by atoms with E-state index in [9.17, 15) is 4.79 Å². The van der Waals surface area contributed by atoms with Crippen molar-refractivity contribution in [3.8, 4) is 0 Å². The second kappa shape index (κ2) is 6.85. The Morgan fingerprint density at radius 3 is 2.55 bits per heavy atom. The Kier molecular flexibility index (Phi) is 5.14. The normalized spacial score (nSPS) is 12.4. The number of amides is 1. The molecule has 4 nitrogen and oxygen atoms in total. The van der Waals surface area contributed by atoms with Crippen LogP contribution in [-0.2, 0) is 0 Å². The molecule has 0 radical (unpaired) electrons. The van der Waals surface area contributed by atoms with E-state index in [2.05, 4.69) is 29.1 Å². The lowest BCUT2D eigenvalue weighted by Gasteiger charge is -2.21. The molecule has 20 heavy (non-hydrogen) atoms. The summed E-state index contributed by atoms with van der Waals surface area (Å²) in [6, 6.07) is 4.06. The van der Waals surface area contributed by atoms with Crippen molar-refractivity contribution >= 4 is 29.0 Å². The highest BCUT2D eigenvalue weighted by Gasteiger charge is 2.20. The molecule has 1 N–H and O–H groups in total.